The van der Waals surface area contributed by atoms with E-state index in [-0.39, 0.29) is 24.0 Å². The van der Waals surface area contributed by atoms with Crippen LogP contribution in [0.3, 0.4) is 0 Å². The van der Waals surface area contributed by atoms with E-state index < -0.39 is 15.4 Å². The van der Waals surface area contributed by atoms with Crippen LogP contribution in [0.25, 0.3) is 0 Å². The van der Waals surface area contributed by atoms with Gasteiger partial charge in [0, 0.05) is 18.0 Å². The lowest BCUT2D eigenvalue weighted by molar-refractivity contribution is 0.0915. The van der Waals surface area contributed by atoms with E-state index in [1.807, 2.05) is 0 Å². The second-order valence-electron chi connectivity index (χ2n) is 5.28. The van der Waals surface area contributed by atoms with E-state index >= 15 is 0 Å². The molecule has 0 aromatic carbocycles. The van der Waals surface area contributed by atoms with Gasteiger partial charge in [0.1, 0.15) is 6.61 Å². The standard InChI is InChI=1S/C14H16N2O4S/c1-14(4-6-21(19,20)10-14)16-13(18)12-7-11(3-2-5-17)8-15-9-12/h7-9,17H,4-6,10H2,1H3,(H,16,18). The maximum atomic E-state index is 12.2. The van der Waals surface area contributed by atoms with Crippen molar-refractivity contribution in [3.63, 3.8) is 0 Å². The van der Waals surface area contributed by atoms with Crippen molar-refractivity contribution in [1.29, 1.82) is 0 Å². The normalized spacial score (nSPS) is 23.1. The van der Waals surface area contributed by atoms with Gasteiger partial charge in [-0.1, -0.05) is 11.8 Å². The molecule has 1 aromatic rings. The van der Waals surface area contributed by atoms with E-state index in [1.165, 1.54) is 12.4 Å². The number of aromatic nitrogens is 1. The van der Waals surface area contributed by atoms with Crippen LogP contribution in [0, 0.1) is 11.8 Å². The Bertz CT molecular complexity index is 718. The van der Waals surface area contributed by atoms with Gasteiger partial charge in [-0.3, -0.25) is 9.78 Å². The first-order chi connectivity index (χ1) is 9.84. The highest BCUT2D eigenvalue weighted by Gasteiger charge is 2.39. The molecule has 1 atom stereocenters. The lowest BCUT2D eigenvalue weighted by Gasteiger charge is -2.23. The molecule has 1 aromatic heterocycles. The quantitative estimate of drug-likeness (QED) is 0.733. The summed E-state index contributed by atoms with van der Waals surface area (Å²) in [5, 5.41) is 11.4. The van der Waals surface area contributed by atoms with Crippen LogP contribution in [0.1, 0.15) is 29.3 Å². The fraction of sp³-hybridized carbons (Fsp3) is 0.429. The topological polar surface area (TPSA) is 96.4 Å². The fourth-order valence-corrected chi connectivity index (χ4v) is 4.32. The molecule has 0 bridgehead atoms. The Hall–Kier alpha value is -1.91. The Kier molecular flexibility index (Phi) is 4.30. The Labute approximate surface area is 123 Å². The summed E-state index contributed by atoms with van der Waals surface area (Å²) in [6.07, 6.45) is 3.28. The van der Waals surface area contributed by atoms with Crippen LogP contribution in [0.15, 0.2) is 18.5 Å². The zero-order chi connectivity index (χ0) is 15.5. The van der Waals surface area contributed by atoms with Gasteiger partial charge >= 0.3 is 0 Å². The van der Waals surface area contributed by atoms with Crippen molar-refractivity contribution in [2.24, 2.45) is 0 Å². The Morgan fingerprint density at radius 2 is 2.29 bits per heavy atom. The molecular formula is C14H16N2O4S. The van der Waals surface area contributed by atoms with Crippen molar-refractivity contribution in [1.82, 2.24) is 10.3 Å². The molecule has 1 unspecified atom stereocenters. The highest BCUT2D eigenvalue weighted by molar-refractivity contribution is 7.91. The van der Waals surface area contributed by atoms with Crippen LogP contribution < -0.4 is 5.32 Å². The molecule has 0 aliphatic carbocycles. The zero-order valence-corrected chi connectivity index (χ0v) is 12.4. The molecule has 2 rings (SSSR count). The van der Waals surface area contributed by atoms with Crippen LogP contribution in [-0.2, 0) is 9.84 Å². The number of nitrogens with zero attached hydrogens (tertiary/aromatic N) is 1. The minimum Gasteiger partial charge on any atom is -0.384 e. The molecule has 7 heteroatoms. The average Bonchev–Trinajstić information content (AvgIpc) is 2.70. The summed E-state index contributed by atoms with van der Waals surface area (Å²) in [6, 6.07) is 1.55. The SMILES string of the molecule is CC1(NC(=O)c2cncc(C#CCO)c2)CCS(=O)(=O)C1. The number of amides is 1. The molecule has 0 saturated carbocycles. The number of nitrogens with one attached hydrogen (secondary N) is 1. The predicted octanol–water partition coefficient (Wildman–Crippen LogP) is -0.268. The van der Waals surface area contributed by atoms with E-state index in [4.69, 9.17) is 5.11 Å². The van der Waals surface area contributed by atoms with Crippen molar-refractivity contribution in [3.8, 4) is 11.8 Å². The van der Waals surface area contributed by atoms with E-state index in [9.17, 15) is 13.2 Å². The second kappa shape index (κ2) is 5.84. The number of sulfone groups is 1. The average molecular weight is 308 g/mol. The van der Waals surface area contributed by atoms with Gasteiger partial charge in [-0.25, -0.2) is 8.42 Å². The monoisotopic (exact) mass is 308 g/mol. The van der Waals surface area contributed by atoms with Crippen LogP contribution in [-0.4, -0.2) is 48.1 Å². The Morgan fingerprint density at radius 1 is 1.52 bits per heavy atom. The van der Waals surface area contributed by atoms with Gasteiger partial charge in [0.2, 0.25) is 0 Å². The third-order valence-electron chi connectivity index (χ3n) is 3.23. The van der Waals surface area contributed by atoms with Crippen molar-refractivity contribution < 1.29 is 18.3 Å². The number of pyridine rings is 1. The van der Waals surface area contributed by atoms with Gasteiger partial charge in [-0.15, -0.1) is 0 Å². The van der Waals surface area contributed by atoms with Crippen molar-refractivity contribution in [3.05, 3.63) is 29.6 Å². The summed E-state index contributed by atoms with van der Waals surface area (Å²) in [7, 11) is -3.08. The predicted molar refractivity (Wildman–Crippen MR) is 77.3 cm³/mol. The van der Waals surface area contributed by atoms with Crippen molar-refractivity contribution in [2.75, 3.05) is 18.1 Å². The molecular weight excluding hydrogens is 292 g/mol. The van der Waals surface area contributed by atoms with Gasteiger partial charge in [0.25, 0.3) is 5.91 Å². The third-order valence-corrected chi connectivity index (χ3v) is 5.13. The van der Waals surface area contributed by atoms with Crippen LogP contribution in [0.4, 0.5) is 0 Å². The van der Waals surface area contributed by atoms with Gasteiger partial charge in [-0.05, 0) is 19.4 Å². The molecule has 1 amide bonds. The van der Waals surface area contributed by atoms with E-state index in [1.54, 1.807) is 13.0 Å². The highest BCUT2D eigenvalue weighted by Crippen LogP contribution is 2.23. The second-order valence-corrected chi connectivity index (χ2v) is 7.46. The number of carbonyl (C=O) groups excluding carboxylic acids is 1. The number of aliphatic hydroxyl groups excluding tert-OH is 1. The highest BCUT2D eigenvalue weighted by atomic mass is 32.2. The first kappa shape index (κ1) is 15.5. The maximum Gasteiger partial charge on any atom is 0.253 e. The largest absolute Gasteiger partial charge is 0.384 e. The summed E-state index contributed by atoms with van der Waals surface area (Å²) in [5.74, 6) is 4.80. The minimum atomic E-state index is -3.08. The molecule has 6 nitrogen and oxygen atoms in total. The molecule has 112 valence electrons. The first-order valence-corrected chi connectivity index (χ1v) is 8.23. The van der Waals surface area contributed by atoms with Gasteiger partial charge in [0.15, 0.2) is 9.84 Å². The molecule has 21 heavy (non-hydrogen) atoms. The van der Waals surface area contributed by atoms with Gasteiger partial charge in [-0.2, -0.15) is 0 Å². The minimum absolute atomic E-state index is 0.0524. The van der Waals surface area contributed by atoms with Crippen LogP contribution >= 0.6 is 0 Å². The molecule has 1 fully saturated rings. The molecule has 2 N–H and O–H groups in total. The third kappa shape index (κ3) is 4.03. The van der Waals surface area contributed by atoms with Crippen LogP contribution in [0.2, 0.25) is 0 Å². The Balaban J connectivity index is 2.14. The van der Waals surface area contributed by atoms with Gasteiger partial charge < -0.3 is 10.4 Å². The number of carbonyl (C=O) groups is 1. The fourth-order valence-electron chi connectivity index (χ4n) is 2.23. The Morgan fingerprint density at radius 3 is 2.90 bits per heavy atom. The number of rotatable bonds is 2. The van der Waals surface area contributed by atoms with Crippen LogP contribution in [0.5, 0.6) is 0 Å². The number of hydrogen-bond donors (Lipinski definition) is 2. The van der Waals surface area contributed by atoms with E-state index in [0.717, 1.165) is 0 Å². The van der Waals surface area contributed by atoms with E-state index in [2.05, 4.69) is 22.1 Å². The molecule has 1 saturated heterocycles. The summed E-state index contributed by atoms with van der Waals surface area (Å²) in [4.78, 5) is 16.1. The maximum absolute atomic E-state index is 12.2. The summed E-state index contributed by atoms with van der Waals surface area (Å²) in [6.45, 7) is 1.45. The van der Waals surface area contributed by atoms with Gasteiger partial charge in [0.05, 0.1) is 22.6 Å². The summed E-state index contributed by atoms with van der Waals surface area (Å²) >= 11 is 0. The van der Waals surface area contributed by atoms with Crippen molar-refractivity contribution >= 4 is 15.7 Å². The zero-order valence-electron chi connectivity index (χ0n) is 11.6. The molecule has 2 heterocycles. The lowest BCUT2D eigenvalue weighted by atomic mass is 10.0. The lowest BCUT2D eigenvalue weighted by Crippen LogP contribution is -2.46. The van der Waals surface area contributed by atoms with Crippen molar-refractivity contribution in [2.45, 2.75) is 18.9 Å². The first-order valence-electron chi connectivity index (χ1n) is 6.41. The molecule has 1 aliphatic heterocycles. The molecule has 0 spiro atoms. The molecule has 0 radical (unpaired) electrons. The summed E-state index contributed by atoms with van der Waals surface area (Å²) < 4.78 is 23.1. The molecule has 1 aliphatic rings. The number of hydrogen-bond acceptors (Lipinski definition) is 5. The summed E-state index contributed by atoms with van der Waals surface area (Å²) in [5.41, 5.74) is 0.0778. The smallest absolute Gasteiger partial charge is 0.253 e. The van der Waals surface area contributed by atoms with E-state index in [0.29, 0.717) is 17.5 Å². The number of aliphatic hydroxyl groups is 1.